The van der Waals surface area contributed by atoms with E-state index in [1.54, 1.807) is 0 Å². The highest BCUT2D eigenvalue weighted by atomic mass is 16.3. The van der Waals surface area contributed by atoms with Crippen LogP contribution in [0, 0.1) is 0 Å². The van der Waals surface area contributed by atoms with Gasteiger partial charge < -0.3 is 9.32 Å². The highest BCUT2D eigenvalue weighted by molar-refractivity contribution is 6.21. The first kappa shape index (κ1) is 29.1. The minimum Gasteiger partial charge on any atom is -0.456 e. The fourth-order valence-electron chi connectivity index (χ4n) is 9.27. The van der Waals surface area contributed by atoms with Crippen molar-refractivity contribution in [1.29, 1.82) is 0 Å². The molecule has 11 rings (SSSR count). The van der Waals surface area contributed by atoms with Crippen molar-refractivity contribution >= 4 is 49.8 Å². The molecule has 0 spiro atoms. The molecule has 244 valence electrons. The Morgan fingerprint density at radius 2 is 1.17 bits per heavy atom. The number of nitrogens with zero attached hydrogens (tertiary/aromatic N) is 1. The van der Waals surface area contributed by atoms with E-state index in [0.717, 1.165) is 40.0 Å². The molecule has 0 N–H and O–H groups in total. The average Bonchev–Trinajstić information content (AvgIpc) is 3.87. The molecule has 0 bridgehead atoms. The molecule has 0 radical (unpaired) electrons. The van der Waals surface area contributed by atoms with Gasteiger partial charge in [-0.25, -0.2) is 0 Å². The predicted octanol–water partition coefficient (Wildman–Crippen LogP) is 13.3. The lowest BCUT2D eigenvalue weighted by atomic mass is 9.72. The number of hydrogen-bond donors (Lipinski definition) is 0. The minimum absolute atomic E-state index is 0.468. The summed E-state index contributed by atoms with van der Waals surface area (Å²) in [6.45, 7) is 4.48. The second-order valence-corrected chi connectivity index (χ2v) is 14.1. The number of furan rings is 1. The summed E-state index contributed by atoms with van der Waals surface area (Å²) < 4.78 is 6.29. The van der Waals surface area contributed by atoms with Crippen LogP contribution in [-0.4, -0.2) is 0 Å². The molecule has 0 saturated heterocycles. The number of hydrogen-bond acceptors (Lipinski definition) is 2. The van der Waals surface area contributed by atoms with E-state index in [-0.39, 0.29) is 0 Å². The maximum atomic E-state index is 6.29. The van der Waals surface area contributed by atoms with Gasteiger partial charge in [-0.3, -0.25) is 0 Å². The van der Waals surface area contributed by atoms with Gasteiger partial charge in [0.25, 0.3) is 0 Å². The molecule has 0 aliphatic heterocycles. The summed E-state index contributed by atoms with van der Waals surface area (Å²) in [7, 11) is 0. The topological polar surface area (TPSA) is 16.4 Å². The molecule has 2 nitrogen and oxygen atoms in total. The largest absolute Gasteiger partial charge is 0.456 e. The first-order chi connectivity index (χ1) is 25.7. The van der Waals surface area contributed by atoms with Crippen molar-refractivity contribution in [3.63, 3.8) is 0 Å². The summed E-state index contributed by atoms with van der Waals surface area (Å²) in [5, 5.41) is 4.86. The standard InChI is InChI=1S/C50H33NO/c1-2-50(44-20-9-6-17-38(44)39-18-7-10-21-45(39)50)34-13-12-16-36(30-34)51(35-14-4-3-5-15-35)37-25-23-32-29-33-24-26-41-40(48(33)43(32)31-37)27-28-47-49(41)42-19-8-11-22-46(42)52-47/h2-28,30-31H,1,29H2. The third-order valence-corrected chi connectivity index (χ3v) is 11.5. The summed E-state index contributed by atoms with van der Waals surface area (Å²) in [6.07, 6.45) is 3.06. The molecule has 0 unspecified atom stereocenters. The van der Waals surface area contributed by atoms with E-state index in [4.69, 9.17) is 4.42 Å². The Labute approximate surface area is 302 Å². The molecule has 8 aromatic carbocycles. The van der Waals surface area contributed by atoms with Gasteiger partial charge in [-0.1, -0.05) is 121 Å². The number of allylic oxidation sites excluding steroid dienone is 1. The molecule has 1 heterocycles. The molecular weight excluding hydrogens is 631 g/mol. The zero-order valence-corrected chi connectivity index (χ0v) is 28.5. The SMILES string of the molecule is C=CC1(c2cccc(N(c3ccccc3)c3ccc4c(c3)-c3c(ccc5c3ccc3oc6ccccc6c35)C4)c2)c2ccccc2-c2ccccc21. The Morgan fingerprint density at radius 3 is 1.98 bits per heavy atom. The molecule has 2 aliphatic carbocycles. The zero-order chi connectivity index (χ0) is 34.4. The van der Waals surface area contributed by atoms with Gasteiger partial charge in [0, 0.05) is 27.8 Å². The van der Waals surface area contributed by atoms with Gasteiger partial charge in [-0.05, 0) is 122 Å². The fourth-order valence-corrected chi connectivity index (χ4v) is 9.27. The average molecular weight is 664 g/mol. The maximum Gasteiger partial charge on any atom is 0.136 e. The highest BCUT2D eigenvalue weighted by Crippen LogP contribution is 2.54. The van der Waals surface area contributed by atoms with Gasteiger partial charge in [0.05, 0.1) is 5.41 Å². The van der Waals surface area contributed by atoms with E-state index >= 15 is 0 Å². The van der Waals surface area contributed by atoms with Crippen molar-refractivity contribution in [2.75, 3.05) is 4.90 Å². The van der Waals surface area contributed by atoms with Crippen LogP contribution in [0.15, 0.2) is 187 Å². The Balaban J connectivity index is 1.10. The van der Waals surface area contributed by atoms with E-state index < -0.39 is 5.41 Å². The van der Waals surface area contributed by atoms with Gasteiger partial charge >= 0.3 is 0 Å². The molecule has 9 aromatic rings. The molecule has 2 aliphatic rings. The van der Waals surface area contributed by atoms with Crippen molar-refractivity contribution in [3.05, 3.63) is 210 Å². The van der Waals surface area contributed by atoms with E-state index in [0.29, 0.717) is 0 Å². The second-order valence-electron chi connectivity index (χ2n) is 14.1. The van der Waals surface area contributed by atoms with Crippen LogP contribution in [-0.2, 0) is 11.8 Å². The van der Waals surface area contributed by atoms with Crippen LogP contribution in [0.2, 0.25) is 0 Å². The van der Waals surface area contributed by atoms with E-state index in [9.17, 15) is 0 Å². The van der Waals surface area contributed by atoms with Crippen LogP contribution in [0.25, 0.3) is 55.0 Å². The normalized spacial score (nSPS) is 13.5. The van der Waals surface area contributed by atoms with Crippen LogP contribution < -0.4 is 4.90 Å². The Hall–Kier alpha value is -6.64. The van der Waals surface area contributed by atoms with E-state index in [1.807, 2.05) is 6.07 Å². The van der Waals surface area contributed by atoms with Crippen LogP contribution in [0.3, 0.4) is 0 Å². The molecule has 1 aromatic heterocycles. The molecule has 0 amide bonds. The Kier molecular flexibility index (Phi) is 6.12. The first-order valence-electron chi connectivity index (χ1n) is 18.0. The Morgan fingerprint density at radius 1 is 0.500 bits per heavy atom. The summed E-state index contributed by atoms with van der Waals surface area (Å²) >= 11 is 0. The van der Waals surface area contributed by atoms with Crippen LogP contribution in [0.4, 0.5) is 17.1 Å². The number of benzene rings is 8. The third kappa shape index (κ3) is 3.95. The maximum absolute atomic E-state index is 6.29. The lowest BCUT2D eigenvalue weighted by molar-refractivity contribution is 0.669. The van der Waals surface area contributed by atoms with Crippen molar-refractivity contribution in [2.45, 2.75) is 11.8 Å². The van der Waals surface area contributed by atoms with Crippen LogP contribution >= 0.6 is 0 Å². The molecule has 0 fully saturated rings. The minimum atomic E-state index is -0.468. The number of rotatable bonds is 5. The van der Waals surface area contributed by atoms with Gasteiger partial charge in [0.2, 0.25) is 0 Å². The highest BCUT2D eigenvalue weighted by Gasteiger charge is 2.42. The zero-order valence-electron chi connectivity index (χ0n) is 28.5. The monoisotopic (exact) mass is 663 g/mol. The molecule has 2 heteroatoms. The van der Waals surface area contributed by atoms with Crippen molar-refractivity contribution in [1.82, 2.24) is 0 Å². The summed E-state index contributed by atoms with van der Waals surface area (Å²) in [5.74, 6) is 0. The summed E-state index contributed by atoms with van der Waals surface area (Å²) in [6, 6.07) is 61.8. The van der Waals surface area contributed by atoms with Gasteiger partial charge in [-0.15, -0.1) is 6.58 Å². The lowest BCUT2D eigenvalue weighted by Crippen LogP contribution is -2.24. The molecule has 0 saturated carbocycles. The van der Waals surface area contributed by atoms with Gasteiger partial charge in [-0.2, -0.15) is 0 Å². The molecule has 0 atom stereocenters. The smallest absolute Gasteiger partial charge is 0.136 e. The first-order valence-corrected chi connectivity index (χ1v) is 18.0. The summed E-state index contributed by atoms with van der Waals surface area (Å²) in [5.41, 5.74) is 16.4. The van der Waals surface area contributed by atoms with Crippen molar-refractivity contribution < 1.29 is 4.42 Å². The molecular formula is C50H33NO. The Bertz CT molecular complexity index is 2870. The predicted molar refractivity (Wildman–Crippen MR) is 216 cm³/mol. The number of para-hydroxylation sites is 2. The van der Waals surface area contributed by atoms with Crippen LogP contribution in [0.1, 0.15) is 27.8 Å². The third-order valence-electron chi connectivity index (χ3n) is 11.5. The van der Waals surface area contributed by atoms with Crippen LogP contribution in [0.5, 0.6) is 0 Å². The van der Waals surface area contributed by atoms with Gasteiger partial charge in [0.15, 0.2) is 0 Å². The van der Waals surface area contributed by atoms with Crippen molar-refractivity contribution in [2.24, 2.45) is 0 Å². The van der Waals surface area contributed by atoms with E-state index in [1.165, 1.54) is 66.2 Å². The van der Waals surface area contributed by atoms with Gasteiger partial charge in [0.1, 0.15) is 11.2 Å². The number of anilines is 3. The van der Waals surface area contributed by atoms with E-state index in [2.05, 4.69) is 181 Å². The van der Waals surface area contributed by atoms with Crippen molar-refractivity contribution in [3.8, 4) is 22.3 Å². The summed E-state index contributed by atoms with van der Waals surface area (Å²) in [4.78, 5) is 2.40. The quantitative estimate of drug-likeness (QED) is 0.170. The second kappa shape index (κ2) is 10.9. The fraction of sp³-hybridized carbons (Fsp3) is 0.0400. The number of fused-ring (bicyclic) bond motifs is 12. The lowest BCUT2D eigenvalue weighted by Gasteiger charge is -2.32. The molecule has 52 heavy (non-hydrogen) atoms.